The molecule has 7 heterocycles. The predicted molar refractivity (Wildman–Crippen MR) is 422 cm³/mol. The van der Waals surface area contributed by atoms with Gasteiger partial charge in [-0.25, -0.2) is 0 Å². The molecule has 14 nitrogen and oxygen atoms in total. The van der Waals surface area contributed by atoms with Gasteiger partial charge in [0.05, 0.1) is 87.1 Å². The summed E-state index contributed by atoms with van der Waals surface area (Å²) in [5.74, 6) is 7.33. The van der Waals surface area contributed by atoms with Crippen LogP contribution in [0, 0.1) is 65.6 Å². The summed E-state index contributed by atoms with van der Waals surface area (Å²) in [4.78, 5) is 5.82. The summed E-state index contributed by atoms with van der Waals surface area (Å²) in [6.07, 6.45) is 27.7. The van der Waals surface area contributed by atoms with Crippen LogP contribution in [0.1, 0.15) is 247 Å². The predicted octanol–water partition coefficient (Wildman–Crippen LogP) is 23.2. The van der Waals surface area contributed by atoms with Crippen LogP contribution < -0.4 is 28.4 Å². The van der Waals surface area contributed by atoms with Crippen LogP contribution in [-0.2, 0) is 28.4 Å². The lowest BCUT2D eigenvalue weighted by molar-refractivity contribution is -0.0717. The van der Waals surface area contributed by atoms with Crippen molar-refractivity contribution in [1.29, 1.82) is 0 Å². The maximum atomic E-state index is 7.46. The quantitative estimate of drug-likeness (QED) is 0.0365. The first-order valence-electron chi connectivity index (χ1n) is 40.2. The molecule has 6 atom stereocenters. The maximum Gasteiger partial charge on any atom is 0.181 e. The topological polar surface area (TPSA) is 137 Å². The second-order valence-electron chi connectivity index (χ2n) is 30.7. The average molecular weight is 1480 g/mol. The van der Waals surface area contributed by atoms with Gasteiger partial charge in [-0.1, -0.05) is 211 Å². The van der Waals surface area contributed by atoms with Crippen molar-refractivity contribution >= 4 is 56.8 Å². The molecular weight excluding hydrogens is 1350 g/mol. The molecule has 0 saturated heterocycles. The lowest BCUT2D eigenvalue weighted by Gasteiger charge is -2.32. The monoisotopic (exact) mass is 1480 g/mol. The Bertz CT molecular complexity index is 3070. The fourth-order valence-electron chi connectivity index (χ4n) is 14.3. The van der Waals surface area contributed by atoms with Crippen LogP contribution in [0.5, 0.6) is 34.5 Å². The molecule has 0 bridgehead atoms. The highest BCUT2D eigenvalue weighted by molar-refractivity contribution is 7.25. The van der Waals surface area contributed by atoms with Gasteiger partial charge in [0.1, 0.15) is 50.7 Å². The van der Waals surface area contributed by atoms with E-state index < -0.39 is 16.2 Å². The van der Waals surface area contributed by atoms with Gasteiger partial charge in [0.15, 0.2) is 34.5 Å². The molecule has 0 aliphatic carbocycles. The molecular formula is C83H134N2O12S4. The summed E-state index contributed by atoms with van der Waals surface area (Å²) in [5.41, 5.74) is 1.75. The van der Waals surface area contributed by atoms with E-state index in [0.29, 0.717) is 166 Å². The smallest absolute Gasteiger partial charge is 0.181 e. The van der Waals surface area contributed by atoms with Gasteiger partial charge in [-0.2, -0.15) is 8.75 Å². The van der Waals surface area contributed by atoms with E-state index in [4.69, 9.17) is 65.6 Å². The van der Waals surface area contributed by atoms with Gasteiger partial charge in [-0.3, -0.25) is 0 Å². The van der Waals surface area contributed by atoms with Gasteiger partial charge >= 0.3 is 0 Å². The summed E-state index contributed by atoms with van der Waals surface area (Å²) in [6.45, 7) is 40.9. The van der Waals surface area contributed by atoms with Crippen LogP contribution >= 0.6 is 45.7 Å². The number of thiophene rings is 3. The van der Waals surface area contributed by atoms with Crippen molar-refractivity contribution in [3.8, 4) is 65.1 Å². The molecule has 3 aliphatic rings. The van der Waals surface area contributed by atoms with E-state index in [1.165, 1.54) is 102 Å². The Morgan fingerprint density at radius 3 is 0.832 bits per heavy atom. The molecule has 3 aliphatic heterocycles. The molecule has 101 heavy (non-hydrogen) atoms. The van der Waals surface area contributed by atoms with Crippen LogP contribution in [0.3, 0.4) is 0 Å². The summed E-state index contributed by atoms with van der Waals surface area (Å²) in [5, 5.41) is 0. The second-order valence-corrected chi connectivity index (χ2v) is 34.7. The van der Waals surface area contributed by atoms with Crippen molar-refractivity contribution < 1.29 is 56.8 Å². The zero-order valence-corrected chi connectivity index (χ0v) is 68.5. The summed E-state index contributed by atoms with van der Waals surface area (Å²) in [6, 6.07) is 4.40. The first-order valence-corrected chi connectivity index (χ1v) is 43.4. The maximum absolute atomic E-state index is 7.46. The molecule has 572 valence electrons. The van der Waals surface area contributed by atoms with Gasteiger partial charge in [-0.15, -0.1) is 34.0 Å². The van der Waals surface area contributed by atoms with E-state index in [9.17, 15) is 0 Å². The van der Waals surface area contributed by atoms with Crippen LogP contribution in [0.4, 0.5) is 0 Å². The van der Waals surface area contributed by atoms with E-state index >= 15 is 0 Å². The highest BCUT2D eigenvalue weighted by atomic mass is 32.1. The Balaban J connectivity index is 1.18. The SMILES string of the molecule is CCCCC(CC)COCC1(COCC(CC)CCCC)COc2c(C)sc(-c3sc(-c4ccc(-c5sc(C)c6c5OCC(COCC(CC)CCCC)(COCC(CC)CCCC)CO6)c5nsnc45)c4c3OCC(COCC(CC)CCCC)(COCC(CC)CCCC)CO4)c2OC1. The lowest BCUT2D eigenvalue weighted by atomic mass is 9.91. The van der Waals surface area contributed by atoms with Crippen LogP contribution in [0.25, 0.3) is 41.7 Å². The number of ether oxygens (including phenoxy) is 12. The van der Waals surface area contributed by atoms with E-state index in [1.54, 1.807) is 34.0 Å². The fourth-order valence-corrected chi connectivity index (χ4v) is 18.3. The Labute approximate surface area is 627 Å². The molecule has 18 heteroatoms. The number of aryl methyl sites for hydroxylation is 2. The third-order valence-corrected chi connectivity index (χ3v) is 25.9. The summed E-state index contributed by atoms with van der Waals surface area (Å²) >= 11 is 6.25. The zero-order valence-electron chi connectivity index (χ0n) is 65.2. The minimum Gasteiger partial charge on any atom is -0.488 e. The van der Waals surface area contributed by atoms with E-state index in [0.717, 1.165) is 139 Å². The molecule has 5 aromatic rings. The lowest BCUT2D eigenvalue weighted by Crippen LogP contribution is -2.43. The van der Waals surface area contributed by atoms with Crippen molar-refractivity contribution in [2.24, 2.45) is 51.8 Å². The Hall–Kier alpha value is -3.30. The first-order chi connectivity index (χ1) is 49.3. The third kappa shape index (κ3) is 23.1. The number of rotatable bonds is 51. The van der Waals surface area contributed by atoms with Crippen LogP contribution in [0.15, 0.2) is 12.1 Å². The van der Waals surface area contributed by atoms with E-state index in [-0.39, 0.29) is 0 Å². The zero-order chi connectivity index (χ0) is 72.0. The number of nitrogens with zero attached hydrogens (tertiary/aromatic N) is 2. The highest BCUT2D eigenvalue weighted by Gasteiger charge is 2.44. The molecule has 6 unspecified atom stereocenters. The van der Waals surface area contributed by atoms with E-state index in [1.807, 2.05) is 0 Å². The standard InChI is InChI=1S/C83H134N2O12S4/c1-15-27-33-61(21-7)41-86-47-81(48-87-42-62(22-8)34-28-16-2)53-92-71-59(13)98-77(73(71)94-55-81)67-39-40-68(70-69(67)84-101-85-70)78-75-76(97-58-83(57-96-75,51-90-45-65(25-11)37-31-19-5)52-91-46-66(26-12)38-32-20-6)80(100-78)79-74-72(60(14)99-79)93-54-82(56-95-74,49-88-43-63(23-9)35-29-17-3)50-89-44-64(24-10)36-30-18-4/h39-40,61-66H,15-38,41-58H2,1-14H3. The van der Waals surface area contributed by atoms with E-state index in [2.05, 4.69) is 109 Å². The molecule has 0 radical (unpaired) electrons. The van der Waals surface area contributed by atoms with Crippen LogP contribution in [-0.4, -0.2) is 128 Å². The second kappa shape index (κ2) is 43.5. The Kier molecular flexibility index (Phi) is 35.9. The largest absolute Gasteiger partial charge is 0.488 e. The van der Waals surface area contributed by atoms with Crippen LogP contribution in [0.2, 0.25) is 0 Å². The van der Waals surface area contributed by atoms with Gasteiger partial charge in [0, 0.05) is 60.5 Å². The molecule has 0 saturated carbocycles. The van der Waals surface area contributed by atoms with Gasteiger partial charge in [0.2, 0.25) is 0 Å². The minimum absolute atomic E-state index is 0.335. The Morgan fingerprint density at radius 1 is 0.327 bits per heavy atom. The summed E-state index contributed by atoms with van der Waals surface area (Å²) in [7, 11) is 0. The van der Waals surface area contributed by atoms with Gasteiger partial charge < -0.3 is 56.8 Å². The van der Waals surface area contributed by atoms with Gasteiger partial charge in [0.25, 0.3) is 0 Å². The van der Waals surface area contributed by atoms with Crippen molar-refractivity contribution in [2.45, 2.75) is 251 Å². The normalized spacial score (nSPS) is 20.2. The Morgan fingerprint density at radius 2 is 0.554 bits per heavy atom. The van der Waals surface area contributed by atoms with Crippen molar-refractivity contribution in [1.82, 2.24) is 8.75 Å². The number of hydrogen-bond acceptors (Lipinski definition) is 18. The number of hydrogen-bond donors (Lipinski definition) is 0. The molecule has 4 aromatic heterocycles. The fraction of sp³-hybridized carbons (Fsp3) is 0.783. The molecule has 1 aromatic carbocycles. The number of unbranched alkanes of at least 4 members (excludes halogenated alkanes) is 6. The summed E-state index contributed by atoms with van der Waals surface area (Å²) < 4.78 is 94.6. The molecule has 0 spiro atoms. The molecule has 0 fully saturated rings. The van der Waals surface area contributed by atoms with Crippen molar-refractivity contribution in [3.63, 3.8) is 0 Å². The number of fused-ring (bicyclic) bond motifs is 4. The number of aromatic nitrogens is 2. The number of benzene rings is 1. The highest BCUT2D eigenvalue weighted by Crippen LogP contribution is 2.61. The molecule has 0 amide bonds. The minimum atomic E-state index is -0.618. The third-order valence-electron chi connectivity index (χ3n) is 21.9. The first kappa shape index (κ1) is 83.3. The average Bonchev–Trinajstić information content (AvgIpc) is 1.59. The van der Waals surface area contributed by atoms with Crippen molar-refractivity contribution in [2.75, 3.05) is 119 Å². The van der Waals surface area contributed by atoms with Gasteiger partial charge in [-0.05, 0) is 87.9 Å². The van der Waals surface area contributed by atoms with Crippen molar-refractivity contribution in [3.05, 3.63) is 21.9 Å². The molecule has 0 N–H and O–H groups in total. The molecule has 8 rings (SSSR count).